The molecule has 0 unspecified atom stereocenters. The quantitative estimate of drug-likeness (QED) is 0.182. The van der Waals surface area contributed by atoms with Gasteiger partial charge in [0.15, 0.2) is 11.2 Å². The van der Waals surface area contributed by atoms with Crippen LogP contribution in [0.15, 0.2) is 93.7 Å². The number of hydrogen-bond acceptors (Lipinski definition) is 6. The number of sulfonamides is 1. The second-order valence-corrected chi connectivity index (χ2v) is 14.9. The SMILES string of the molecule is CS(=O)(=O)Nc1ccc2oc(C(=O)N[C@H](C=C3CCC(c4ccccc4CN4CCCC4=O)CC3)Cc3ccc(Cl)cc3)cc(=O)c2c1. The normalized spacial score (nSPS) is 17.4. The van der Waals surface area contributed by atoms with Gasteiger partial charge in [0.1, 0.15) is 5.58 Å². The minimum Gasteiger partial charge on any atom is -0.451 e. The van der Waals surface area contributed by atoms with E-state index in [2.05, 4.69) is 34.3 Å². The maximum absolute atomic E-state index is 13.5. The van der Waals surface area contributed by atoms with E-state index in [0.717, 1.165) is 56.5 Å². The lowest BCUT2D eigenvalue weighted by Gasteiger charge is -2.28. The topological polar surface area (TPSA) is 126 Å². The zero-order valence-electron chi connectivity index (χ0n) is 26.7. The first kappa shape index (κ1) is 33.5. The van der Waals surface area contributed by atoms with E-state index >= 15 is 0 Å². The van der Waals surface area contributed by atoms with E-state index in [0.29, 0.717) is 30.3 Å². The number of allylic oxidation sites excluding steroid dienone is 1. The molecule has 6 rings (SSSR count). The maximum atomic E-state index is 13.5. The lowest BCUT2D eigenvalue weighted by Crippen LogP contribution is -2.36. The van der Waals surface area contributed by atoms with Gasteiger partial charge in [-0.2, -0.15) is 0 Å². The Labute approximate surface area is 285 Å². The highest BCUT2D eigenvalue weighted by atomic mass is 35.5. The van der Waals surface area contributed by atoms with E-state index in [-0.39, 0.29) is 34.4 Å². The highest BCUT2D eigenvalue weighted by molar-refractivity contribution is 7.92. The third kappa shape index (κ3) is 8.35. The van der Waals surface area contributed by atoms with Crippen molar-refractivity contribution in [2.75, 3.05) is 17.5 Å². The van der Waals surface area contributed by atoms with Crippen molar-refractivity contribution in [3.8, 4) is 0 Å². The molecule has 1 aromatic heterocycles. The number of fused-ring (bicyclic) bond motifs is 1. The van der Waals surface area contributed by atoms with E-state index in [4.69, 9.17) is 16.0 Å². The monoisotopic (exact) mass is 687 g/mol. The van der Waals surface area contributed by atoms with Crippen LogP contribution in [0.1, 0.15) is 71.7 Å². The van der Waals surface area contributed by atoms with Gasteiger partial charge < -0.3 is 14.6 Å². The van der Waals surface area contributed by atoms with Gasteiger partial charge in [0.2, 0.25) is 15.9 Å². The number of nitrogens with zero attached hydrogens (tertiary/aromatic N) is 1. The number of rotatable bonds is 10. The molecule has 2 amide bonds. The number of halogens is 1. The molecule has 0 radical (unpaired) electrons. The molecule has 1 atom stereocenters. The summed E-state index contributed by atoms with van der Waals surface area (Å²) in [6.45, 7) is 1.48. The number of nitrogens with one attached hydrogen (secondary N) is 2. The predicted molar refractivity (Wildman–Crippen MR) is 188 cm³/mol. The minimum atomic E-state index is -3.53. The van der Waals surface area contributed by atoms with Crippen LogP contribution in [0.3, 0.4) is 0 Å². The Kier molecular flexibility index (Phi) is 10.0. The summed E-state index contributed by atoms with van der Waals surface area (Å²) in [5.41, 5.74) is 4.72. The average Bonchev–Trinajstić information content (AvgIpc) is 3.46. The molecule has 4 aromatic rings. The van der Waals surface area contributed by atoms with Crippen molar-refractivity contribution in [2.24, 2.45) is 0 Å². The van der Waals surface area contributed by atoms with Crippen molar-refractivity contribution in [3.63, 3.8) is 0 Å². The molecule has 1 aliphatic carbocycles. The zero-order valence-corrected chi connectivity index (χ0v) is 28.3. The number of amides is 2. The Hall–Kier alpha value is -4.41. The fraction of sp³-hybridized carbons (Fsp3) is 0.324. The Morgan fingerprint density at radius 2 is 1.77 bits per heavy atom. The van der Waals surface area contributed by atoms with E-state index < -0.39 is 21.4 Å². The molecule has 9 nitrogen and oxygen atoms in total. The molecule has 1 saturated carbocycles. The Bertz CT molecular complexity index is 2030. The fourth-order valence-corrected chi connectivity index (χ4v) is 7.40. The van der Waals surface area contributed by atoms with Gasteiger partial charge >= 0.3 is 0 Å². The highest BCUT2D eigenvalue weighted by Crippen LogP contribution is 2.38. The molecule has 0 spiro atoms. The first-order valence-electron chi connectivity index (χ1n) is 16.2. The molecule has 48 heavy (non-hydrogen) atoms. The van der Waals surface area contributed by atoms with Gasteiger partial charge in [0, 0.05) is 36.3 Å². The van der Waals surface area contributed by atoms with Crippen LogP contribution in [-0.2, 0) is 27.8 Å². The van der Waals surface area contributed by atoms with Crippen molar-refractivity contribution < 1.29 is 22.4 Å². The summed E-state index contributed by atoms with van der Waals surface area (Å²) in [5, 5.41) is 3.85. The van der Waals surface area contributed by atoms with Crippen LogP contribution in [0.4, 0.5) is 5.69 Å². The van der Waals surface area contributed by atoms with E-state index in [1.165, 1.54) is 34.9 Å². The minimum absolute atomic E-state index is 0.132. The van der Waals surface area contributed by atoms with Crippen molar-refractivity contribution in [3.05, 3.63) is 122 Å². The van der Waals surface area contributed by atoms with Crippen LogP contribution < -0.4 is 15.5 Å². The summed E-state index contributed by atoms with van der Waals surface area (Å²) in [4.78, 5) is 40.7. The van der Waals surface area contributed by atoms with Crippen LogP contribution in [0.25, 0.3) is 11.0 Å². The molecule has 2 fully saturated rings. The summed E-state index contributed by atoms with van der Waals surface area (Å²) in [6, 6.07) is 21.0. The van der Waals surface area contributed by atoms with Gasteiger partial charge in [-0.15, -0.1) is 0 Å². The smallest absolute Gasteiger partial charge is 0.287 e. The van der Waals surface area contributed by atoms with Gasteiger partial charge in [-0.05, 0) is 91.5 Å². The van der Waals surface area contributed by atoms with Crippen molar-refractivity contribution in [1.29, 1.82) is 0 Å². The second kappa shape index (κ2) is 14.4. The van der Waals surface area contributed by atoms with Crippen molar-refractivity contribution >= 4 is 50.1 Å². The fourth-order valence-electron chi connectivity index (χ4n) is 6.72. The highest BCUT2D eigenvalue weighted by Gasteiger charge is 2.25. The first-order chi connectivity index (χ1) is 23.0. The van der Waals surface area contributed by atoms with Crippen molar-refractivity contribution in [2.45, 2.75) is 63.5 Å². The summed E-state index contributed by atoms with van der Waals surface area (Å²) in [7, 11) is -3.53. The summed E-state index contributed by atoms with van der Waals surface area (Å²) in [6.07, 6.45) is 8.90. The average molecular weight is 688 g/mol. The van der Waals surface area contributed by atoms with Gasteiger partial charge in [0.05, 0.1) is 17.7 Å². The third-order valence-electron chi connectivity index (χ3n) is 9.03. The second-order valence-electron chi connectivity index (χ2n) is 12.7. The van der Waals surface area contributed by atoms with Crippen LogP contribution >= 0.6 is 11.6 Å². The van der Waals surface area contributed by atoms with Gasteiger partial charge in [0.25, 0.3) is 5.91 Å². The lowest BCUT2D eigenvalue weighted by molar-refractivity contribution is -0.128. The maximum Gasteiger partial charge on any atom is 0.287 e. The molecule has 0 bridgehead atoms. The standard InChI is InChI=1S/C37H38ClN3O6S/c1-48(45,46)40-29-16-17-34-32(21-29)33(42)22-35(47-34)37(44)39-30(20-25-10-14-28(38)15-11-25)19-24-8-12-26(13-9-24)31-6-3-2-5-27(31)23-41-18-4-7-36(41)43/h2-3,5-6,10-11,14-17,19,21-22,26,30,40H,4,7-9,12-13,18,20,23H2,1H3,(H,39,44)/t26?,30-/m1/s1. The van der Waals surface area contributed by atoms with Gasteiger partial charge in [-0.1, -0.05) is 59.6 Å². The van der Waals surface area contributed by atoms with Crippen LogP contribution in [0.2, 0.25) is 5.02 Å². The number of hydrogen-bond donors (Lipinski definition) is 2. The molecule has 2 heterocycles. The van der Waals surface area contributed by atoms with Crippen molar-refractivity contribution in [1.82, 2.24) is 10.2 Å². The molecule has 1 saturated heterocycles. The van der Waals surface area contributed by atoms with E-state index in [1.54, 1.807) is 0 Å². The summed E-state index contributed by atoms with van der Waals surface area (Å²) < 4.78 is 31.4. The number of likely N-dealkylation sites (tertiary alicyclic amines) is 1. The zero-order chi connectivity index (χ0) is 33.8. The molecular weight excluding hydrogens is 650 g/mol. The van der Waals surface area contributed by atoms with Crippen LogP contribution in [0, 0.1) is 0 Å². The molecule has 2 N–H and O–H groups in total. The van der Waals surface area contributed by atoms with Gasteiger partial charge in [-0.3, -0.25) is 19.1 Å². The van der Waals surface area contributed by atoms with Crippen LogP contribution in [0.5, 0.6) is 0 Å². The van der Waals surface area contributed by atoms with Gasteiger partial charge in [-0.25, -0.2) is 8.42 Å². The first-order valence-corrected chi connectivity index (χ1v) is 18.4. The lowest BCUT2D eigenvalue weighted by atomic mass is 9.79. The summed E-state index contributed by atoms with van der Waals surface area (Å²) in [5.74, 6) is -0.0401. The number of carbonyl (C=O) groups excluding carboxylic acids is 2. The molecule has 250 valence electrons. The Balaban J connectivity index is 1.19. The number of carbonyl (C=O) groups is 2. The number of benzene rings is 3. The predicted octanol–water partition coefficient (Wildman–Crippen LogP) is 6.57. The van der Waals surface area contributed by atoms with E-state index in [1.807, 2.05) is 35.2 Å². The molecule has 2 aliphatic rings. The molecular formula is C37H38ClN3O6S. The Morgan fingerprint density at radius 1 is 1.02 bits per heavy atom. The van der Waals surface area contributed by atoms with E-state index in [9.17, 15) is 22.8 Å². The molecule has 3 aromatic carbocycles. The largest absolute Gasteiger partial charge is 0.451 e. The molecule has 11 heteroatoms. The third-order valence-corrected chi connectivity index (χ3v) is 9.89. The Morgan fingerprint density at radius 3 is 2.48 bits per heavy atom. The molecule has 1 aliphatic heterocycles. The van der Waals surface area contributed by atoms with Crippen LogP contribution in [-0.4, -0.2) is 44.0 Å². The number of anilines is 1. The summed E-state index contributed by atoms with van der Waals surface area (Å²) >= 11 is 6.12.